The Morgan fingerprint density at radius 1 is 1.07 bits per heavy atom. The number of rotatable bonds is 6. The standard InChI is InChI=1S/C23H16BrNO3/c24-20-9-7-18(8-10-20)19(14-25)12-17-6-11-22(21(13-17)23(26)27)28-15-16-4-2-1-3-5-16/h1-13H,15H2,(H,26,27)/b19-12+. The van der Waals surface area contributed by atoms with Crippen LogP contribution in [-0.2, 0) is 6.61 Å². The van der Waals surface area contributed by atoms with Gasteiger partial charge in [0.25, 0.3) is 0 Å². The third-order valence-electron chi connectivity index (χ3n) is 4.06. The summed E-state index contributed by atoms with van der Waals surface area (Å²) in [4.78, 5) is 11.7. The van der Waals surface area contributed by atoms with E-state index in [1.807, 2.05) is 54.6 Å². The zero-order valence-electron chi connectivity index (χ0n) is 14.8. The molecule has 0 aliphatic heterocycles. The van der Waals surface area contributed by atoms with Gasteiger partial charge in [0, 0.05) is 4.47 Å². The molecule has 0 heterocycles. The number of aromatic carboxylic acids is 1. The number of carbonyl (C=O) groups is 1. The van der Waals surface area contributed by atoms with E-state index in [-0.39, 0.29) is 17.9 Å². The van der Waals surface area contributed by atoms with Crippen LogP contribution in [0.15, 0.2) is 77.3 Å². The number of ether oxygens (including phenoxy) is 1. The predicted molar refractivity (Wildman–Crippen MR) is 112 cm³/mol. The maximum Gasteiger partial charge on any atom is 0.339 e. The first-order valence-electron chi connectivity index (χ1n) is 8.48. The molecule has 28 heavy (non-hydrogen) atoms. The minimum atomic E-state index is -1.08. The van der Waals surface area contributed by atoms with E-state index in [9.17, 15) is 15.2 Å². The average molecular weight is 434 g/mol. The third kappa shape index (κ3) is 4.87. The van der Waals surface area contributed by atoms with Crippen LogP contribution in [0.25, 0.3) is 11.6 Å². The lowest BCUT2D eigenvalue weighted by Crippen LogP contribution is -2.04. The van der Waals surface area contributed by atoms with E-state index in [2.05, 4.69) is 22.0 Å². The zero-order chi connectivity index (χ0) is 19.9. The number of nitriles is 1. The Kier molecular flexibility index (Phi) is 6.25. The van der Waals surface area contributed by atoms with Crippen LogP contribution in [0.3, 0.4) is 0 Å². The molecule has 3 aromatic rings. The molecule has 0 bridgehead atoms. The number of halogens is 1. The third-order valence-corrected chi connectivity index (χ3v) is 4.59. The first kappa shape index (κ1) is 19.4. The van der Waals surface area contributed by atoms with Crippen LogP contribution in [0.2, 0.25) is 0 Å². The van der Waals surface area contributed by atoms with Crippen molar-refractivity contribution in [1.82, 2.24) is 0 Å². The van der Waals surface area contributed by atoms with Gasteiger partial charge in [0.1, 0.15) is 17.9 Å². The summed E-state index contributed by atoms with van der Waals surface area (Å²) in [6, 6.07) is 23.9. The second-order valence-corrected chi connectivity index (χ2v) is 6.93. The van der Waals surface area contributed by atoms with E-state index < -0.39 is 5.97 Å². The Balaban J connectivity index is 1.88. The highest BCUT2D eigenvalue weighted by molar-refractivity contribution is 9.10. The fraction of sp³-hybridized carbons (Fsp3) is 0.0435. The Morgan fingerprint density at radius 3 is 2.43 bits per heavy atom. The molecule has 0 unspecified atom stereocenters. The fourth-order valence-corrected chi connectivity index (χ4v) is 2.91. The van der Waals surface area contributed by atoms with Gasteiger partial charge in [-0.05, 0) is 47.0 Å². The molecule has 3 rings (SSSR count). The summed E-state index contributed by atoms with van der Waals surface area (Å²) in [5.74, 6) is -0.795. The van der Waals surface area contributed by atoms with Gasteiger partial charge in [0.05, 0.1) is 11.6 Å². The van der Waals surface area contributed by atoms with Gasteiger partial charge in [0.2, 0.25) is 0 Å². The van der Waals surface area contributed by atoms with Crippen LogP contribution in [-0.4, -0.2) is 11.1 Å². The molecular formula is C23H16BrNO3. The Morgan fingerprint density at radius 2 is 1.79 bits per heavy atom. The second kappa shape index (κ2) is 9.03. The van der Waals surface area contributed by atoms with Gasteiger partial charge in [-0.1, -0.05) is 64.5 Å². The van der Waals surface area contributed by atoms with E-state index in [4.69, 9.17) is 4.74 Å². The van der Waals surface area contributed by atoms with Gasteiger partial charge in [-0.2, -0.15) is 5.26 Å². The number of carboxylic acids is 1. The monoisotopic (exact) mass is 433 g/mol. The molecule has 0 aliphatic rings. The zero-order valence-corrected chi connectivity index (χ0v) is 16.4. The molecule has 0 amide bonds. The highest BCUT2D eigenvalue weighted by Gasteiger charge is 2.13. The van der Waals surface area contributed by atoms with Crippen molar-refractivity contribution in [2.45, 2.75) is 6.61 Å². The molecule has 0 aromatic heterocycles. The van der Waals surface area contributed by atoms with Crippen LogP contribution < -0.4 is 4.74 Å². The quantitative estimate of drug-likeness (QED) is 0.394. The molecular weight excluding hydrogens is 418 g/mol. The van der Waals surface area contributed by atoms with Crippen LogP contribution >= 0.6 is 15.9 Å². The van der Waals surface area contributed by atoms with Crippen molar-refractivity contribution in [1.29, 1.82) is 5.26 Å². The summed E-state index contributed by atoms with van der Waals surface area (Å²) in [6.45, 7) is 0.276. The largest absolute Gasteiger partial charge is 0.488 e. The molecule has 3 aromatic carbocycles. The first-order valence-corrected chi connectivity index (χ1v) is 9.28. The SMILES string of the molecule is N#C/C(=C\c1ccc(OCc2ccccc2)c(C(=O)O)c1)c1ccc(Br)cc1. The van der Waals surface area contributed by atoms with E-state index in [0.717, 1.165) is 15.6 Å². The van der Waals surface area contributed by atoms with Gasteiger partial charge >= 0.3 is 5.97 Å². The molecule has 1 N–H and O–H groups in total. The summed E-state index contributed by atoms with van der Waals surface area (Å²) in [5, 5.41) is 19.0. The summed E-state index contributed by atoms with van der Waals surface area (Å²) >= 11 is 3.37. The molecule has 0 fully saturated rings. The van der Waals surface area contributed by atoms with Crippen molar-refractivity contribution in [2.24, 2.45) is 0 Å². The molecule has 0 atom stereocenters. The van der Waals surface area contributed by atoms with E-state index in [1.165, 1.54) is 6.07 Å². The van der Waals surface area contributed by atoms with Gasteiger partial charge in [-0.25, -0.2) is 4.79 Å². The molecule has 5 heteroatoms. The fourth-order valence-electron chi connectivity index (χ4n) is 2.64. The number of allylic oxidation sites excluding steroid dienone is 1. The summed E-state index contributed by atoms with van der Waals surface area (Å²) < 4.78 is 6.62. The number of nitrogens with zero attached hydrogens (tertiary/aromatic N) is 1. The lowest BCUT2D eigenvalue weighted by molar-refractivity contribution is 0.0691. The van der Waals surface area contributed by atoms with Crippen LogP contribution in [0, 0.1) is 11.3 Å². The van der Waals surface area contributed by atoms with Gasteiger partial charge in [0.15, 0.2) is 0 Å². The summed E-state index contributed by atoms with van der Waals surface area (Å²) in [5.41, 5.74) is 2.82. The van der Waals surface area contributed by atoms with E-state index in [0.29, 0.717) is 11.1 Å². The Labute approximate surface area is 171 Å². The first-order chi connectivity index (χ1) is 13.6. The second-order valence-electron chi connectivity index (χ2n) is 6.01. The summed E-state index contributed by atoms with van der Waals surface area (Å²) in [6.07, 6.45) is 1.66. The van der Waals surface area contributed by atoms with Crippen molar-refractivity contribution in [3.05, 3.63) is 99.5 Å². The normalized spacial score (nSPS) is 10.9. The topological polar surface area (TPSA) is 70.3 Å². The molecule has 0 saturated heterocycles. The van der Waals surface area contributed by atoms with E-state index >= 15 is 0 Å². The van der Waals surface area contributed by atoms with Gasteiger partial charge < -0.3 is 9.84 Å². The maximum absolute atomic E-state index is 11.7. The maximum atomic E-state index is 11.7. The minimum absolute atomic E-state index is 0.0535. The van der Waals surface area contributed by atoms with Crippen molar-refractivity contribution in [2.75, 3.05) is 0 Å². The molecule has 4 nitrogen and oxygen atoms in total. The smallest absolute Gasteiger partial charge is 0.339 e. The molecule has 0 spiro atoms. The highest BCUT2D eigenvalue weighted by atomic mass is 79.9. The van der Waals surface area contributed by atoms with Crippen molar-refractivity contribution >= 4 is 33.5 Å². The number of hydrogen-bond donors (Lipinski definition) is 1. The molecule has 138 valence electrons. The lowest BCUT2D eigenvalue weighted by Gasteiger charge is -2.10. The van der Waals surface area contributed by atoms with Crippen molar-refractivity contribution < 1.29 is 14.6 Å². The molecule has 0 radical (unpaired) electrons. The average Bonchev–Trinajstić information content (AvgIpc) is 2.72. The number of benzene rings is 3. The van der Waals surface area contributed by atoms with Crippen LogP contribution in [0.4, 0.5) is 0 Å². The minimum Gasteiger partial charge on any atom is -0.488 e. The van der Waals surface area contributed by atoms with Crippen molar-refractivity contribution in [3.8, 4) is 11.8 Å². The number of hydrogen-bond acceptors (Lipinski definition) is 3. The van der Waals surface area contributed by atoms with Crippen LogP contribution in [0.5, 0.6) is 5.75 Å². The van der Waals surface area contributed by atoms with Crippen molar-refractivity contribution in [3.63, 3.8) is 0 Å². The lowest BCUT2D eigenvalue weighted by atomic mass is 10.0. The highest BCUT2D eigenvalue weighted by Crippen LogP contribution is 2.25. The molecule has 0 saturated carbocycles. The Hall–Kier alpha value is -3.36. The van der Waals surface area contributed by atoms with Gasteiger partial charge in [-0.15, -0.1) is 0 Å². The molecule has 0 aliphatic carbocycles. The summed E-state index contributed by atoms with van der Waals surface area (Å²) in [7, 11) is 0. The predicted octanol–water partition coefficient (Wildman–Crippen LogP) is 5.79. The number of carboxylic acid groups (broad SMARTS) is 1. The van der Waals surface area contributed by atoms with E-state index in [1.54, 1.807) is 18.2 Å². The van der Waals surface area contributed by atoms with Gasteiger partial charge in [-0.3, -0.25) is 0 Å². The Bertz CT molecular complexity index is 1050. The van der Waals surface area contributed by atoms with Crippen LogP contribution in [0.1, 0.15) is 27.0 Å².